The molecule has 0 aromatic carbocycles. The first-order valence-electron chi connectivity index (χ1n) is 7.65. The summed E-state index contributed by atoms with van der Waals surface area (Å²) in [5.74, 6) is 0.0544. The van der Waals surface area contributed by atoms with E-state index in [1.54, 1.807) is 19.3 Å². The summed E-state index contributed by atoms with van der Waals surface area (Å²) in [6.07, 6.45) is 2.50. The van der Waals surface area contributed by atoms with Gasteiger partial charge in [-0.25, -0.2) is 4.68 Å². The van der Waals surface area contributed by atoms with Crippen molar-refractivity contribution >= 4 is 11.6 Å². The van der Waals surface area contributed by atoms with Crippen LogP contribution in [0.15, 0.2) is 17.1 Å². The third kappa shape index (κ3) is 4.30. The van der Waals surface area contributed by atoms with E-state index in [0.717, 1.165) is 18.7 Å². The molecule has 22 heavy (non-hydrogen) atoms. The Hall–Kier alpha value is -1.89. The van der Waals surface area contributed by atoms with Crippen LogP contribution in [0.4, 0.5) is 5.69 Å². The lowest BCUT2D eigenvalue weighted by Gasteiger charge is -2.34. The predicted molar refractivity (Wildman–Crippen MR) is 83.9 cm³/mol. The number of hydrogen-bond donors (Lipinski definition) is 1. The molecule has 0 bridgehead atoms. The number of anilines is 1. The van der Waals surface area contributed by atoms with E-state index in [-0.39, 0.29) is 23.5 Å². The molecule has 0 unspecified atom stereocenters. The minimum Gasteiger partial charge on any atom is -0.374 e. The van der Waals surface area contributed by atoms with Crippen molar-refractivity contribution in [3.63, 3.8) is 0 Å². The summed E-state index contributed by atoms with van der Waals surface area (Å²) >= 11 is 0. The molecule has 7 nitrogen and oxygen atoms in total. The molecule has 1 aliphatic heterocycles. The second-order valence-electron chi connectivity index (χ2n) is 5.85. The number of hydrogen-bond acceptors (Lipinski definition) is 5. The van der Waals surface area contributed by atoms with Crippen molar-refractivity contribution in [2.24, 2.45) is 13.0 Å². The molecule has 1 amide bonds. The van der Waals surface area contributed by atoms with Gasteiger partial charge in [0.15, 0.2) is 0 Å². The van der Waals surface area contributed by atoms with Crippen LogP contribution in [0.3, 0.4) is 0 Å². The Morgan fingerprint density at radius 2 is 2.32 bits per heavy atom. The molecule has 1 atom stereocenters. The second kappa shape index (κ2) is 7.40. The Morgan fingerprint density at radius 3 is 3.00 bits per heavy atom. The van der Waals surface area contributed by atoms with E-state index in [1.165, 1.54) is 4.68 Å². The molecule has 1 N–H and O–H groups in total. The van der Waals surface area contributed by atoms with Crippen molar-refractivity contribution < 1.29 is 9.53 Å². The lowest BCUT2D eigenvalue weighted by molar-refractivity contribution is -0.124. The van der Waals surface area contributed by atoms with E-state index in [4.69, 9.17) is 4.74 Å². The number of carbonyl (C=O) groups is 1. The fourth-order valence-electron chi connectivity index (χ4n) is 2.32. The first-order valence-corrected chi connectivity index (χ1v) is 7.65. The number of carbonyl (C=O) groups excluding carboxylic acids is 1. The minimum absolute atomic E-state index is 0.00428. The summed E-state index contributed by atoms with van der Waals surface area (Å²) < 4.78 is 7.04. The minimum atomic E-state index is -0.121. The van der Waals surface area contributed by atoms with Crippen LogP contribution in [0, 0.1) is 5.92 Å². The first-order chi connectivity index (χ1) is 10.5. The van der Waals surface area contributed by atoms with E-state index < -0.39 is 0 Å². The number of aryl methyl sites for hydroxylation is 1. The van der Waals surface area contributed by atoms with Gasteiger partial charge in [0, 0.05) is 38.7 Å². The monoisotopic (exact) mass is 308 g/mol. The fraction of sp³-hybridized carbons (Fsp3) is 0.667. The Bertz CT molecular complexity index is 570. The van der Waals surface area contributed by atoms with Gasteiger partial charge in [0.1, 0.15) is 0 Å². The molecule has 1 aromatic heterocycles. The number of rotatable bonds is 5. The fourth-order valence-corrected chi connectivity index (χ4v) is 2.32. The van der Waals surface area contributed by atoms with Crippen LogP contribution < -0.4 is 15.8 Å². The van der Waals surface area contributed by atoms with E-state index in [9.17, 15) is 9.59 Å². The summed E-state index contributed by atoms with van der Waals surface area (Å²) in [6, 6.07) is 1.59. The molecule has 122 valence electrons. The van der Waals surface area contributed by atoms with Gasteiger partial charge in [-0.2, -0.15) is 5.10 Å². The molecule has 1 aromatic rings. The van der Waals surface area contributed by atoms with E-state index in [0.29, 0.717) is 19.7 Å². The van der Waals surface area contributed by atoms with Gasteiger partial charge in [-0.15, -0.1) is 0 Å². The maximum atomic E-state index is 11.7. The molecule has 7 heteroatoms. The van der Waals surface area contributed by atoms with Crippen LogP contribution >= 0.6 is 0 Å². The molecule has 0 spiro atoms. The van der Waals surface area contributed by atoms with E-state index in [2.05, 4.69) is 15.3 Å². The van der Waals surface area contributed by atoms with Gasteiger partial charge >= 0.3 is 0 Å². The Balaban J connectivity index is 1.87. The molecule has 2 heterocycles. The number of morpholine rings is 1. The van der Waals surface area contributed by atoms with Crippen molar-refractivity contribution in [3.8, 4) is 0 Å². The van der Waals surface area contributed by atoms with Gasteiger partial charge in [-0.3, -0.25) is 9.59 Å². The number of aromatic nitrogens is 2. The maximum absolute atomic E-state index is 11.7. The quantitative estimate of drug-likeness (QED) is 0.838. The van der Waals surface area contributed by atoms with Gasteiger partial charge in [0.25, 0.3) is 5.56 Å². The predicted octanol–water partition coefficient (Wildman–Crippen LogP) is 0.148. The zero-order valence-corrected chi connectivity index (χ0v) is 13.4. The summed E-state index contributed by atoms with van der Waals surface area (Å²) in [7, 11) is 1.63. The van der Waals surface area contributed by atoms with Gasteiger partial charge in [-0.05, 0) is 6.42 Å². The van der Waals surface area contributed by atoms with Crippen molar-refractivity contribution in [3.05, 3.63) is 22.6 Å². The van der Waals surface area contributed by atoms with Crippen LogP contribution in [0.25, 0.3) is 0 Å². The largest absolute Gasteiger partial charge is 0.374 e. The first kappa shape index (κ1) is 16.5. The highest BCUT2D eigenvalue weighted by molar-refractivity contribution is 5.77. The topological polar surface area (TPSA) is 76.5 Å². The zero-order chi connectivity index (χ0) is 16.1. The average molecular weight is 308 g/mol. The van der Waals surface area contributed by atoms with Crippen LogP contribution in [-0.2, 0) is 16.6 Å². The normalized spacial score (nSPS) is 18.5. The highest BCUT2D eigenvalue weighted by Gasteiger charge is 2.21. The van der Waals surface area contributed by atoms with Gasteiger partial charge in [0.05, 0.1) is 24.6 Å². The summed E-state index contributed by atoms with van der Waals surface area (Å²) in [5.41, 5.74) is 0.701. The van der Waals surface area contributed by atoms with Gasteiger partial charge in [0.2, 0.25) is 5.91 Å². The molecule has 1 fully saturated rings. The number of nitrogens with one attached hydrogen (secondary N) is 1. The Morgan fingerprint density at radius 1 is 1.55 bits per heavy atom. The number of ether oxygens (including phenoxy) is 1. The molecule has 1 aliphatic rings. The van der Waals surface area contributed by atoms with Crippen molar-refractivity contribution in [1.82, 2.24) is 15.1 Å². The molecular weight excluding hydrogens is 284 g/mol. The third-order valence-corrected chi connectivity index (χ3v) is 3.75. The lowest BCUT2D eigenvalue weighted by Crippen LogP contribution is -2.44. The molecule has 0 radical (unpaired) electrons. The van der Waals surface area contributed by atoms with Crippen molar-refractivity contribution in [1.29, 1.82) is 0 Å². The van der Waals surface area contributed by atoms with E-state index >= 15 is 0 Å². The number of amides is 1. The van der Waals surface area contributed by atoms with Crippen LogP contribution in [0.2, 0.25) is 0 Å². The van der Waals surface area contributed by atoms with Crippen LogP contribution in [-0.4, -0.2) is 48.0 Å². The highest BCUT2D eigenvalue weighted by atomic mass is 16.5. The molecule has 1 saturated heterocycles. The zero-order valence-electron chi connectivity index (χ0n) is 13.4. The van der Waals surface area contributed by atoms with Crippen molar-refractivity contribution in [2.75, 3.05) is 31.1 Å². The van der Waals surface area contributed by atoms with Crippen molar-refractivity contribution in [2.45, 2.75) is 26.4 Å². The van der Waals surface area contributed by atoms with Crippen LogP contribution in [0.1, 0.15) is 20.3 Å². The maximum Gasteiger partial charge on any atom is 0.268 e. The highest BCUT2D eigenvalue weighted by Crippen LogP contribution is 2.16. The van der Waals surface area contributed by atoms with Crippen LogP contribution in [0.5, 0.6) is 0 Å². The van der Waals surface area contributed by atoms with Gasteiger partial charge in [-0.1, -0.05) is 13.8 Å². The van der Waals surface area contributed by atoms with E-state index in [1.807, 2.05) is 13.8 Å². The number of nitrogens with zero attached hydrogens (tertiary/aromatic N) is 3. The van der Waals surface area contributed by atoms with Gasteiger partial charge < -0.3 is 15.0 Å². The molecule has 0 aliphatic carbocycles. The third-order valence-electron chi connectivity index (χ3n) is 3.75. The SMILES string of the molecule is CC(C)C(=O)NCC[C@H]1CN(c2cnn(C)c(=O)c2)CCO1. The molecule has 0 saturated carbocycles. The standard InChI is InChI=1S/C15H24N4O3/c1-11(2)15(21)16-5-4-13-10-19(6-7-22-13)12-8-14(20)18(3)17-9-12/h8-9,11,13H,4-7,10H2,1-3H3,(H,16,21)/t13-/m0/s1. The molecular formula is C15H24N4O3. The smallest absolute Gasteiger partial charge is 0.268 e. The second-order valence-corrected chi connectivity index (χ2v) is 5.85. The Labute approximate surface area is 130 Å². The molecule has 2 rings (SSSR count). The lowest BCUT2D eigenvalue weighted by atomic mass is 10.1. The Kier molecular flexibility index (Phi) is 5.54. The summed E-state index contributed by atoms with van der Waals surface area (Å²) in [5, 5.41) is 6.95. The summed E-state index contributed by atoms with van der Waals surface area (Å²) in [6.45, 7) is 6.40. The average Bonchev–Trinajstić information content (AvgIpc) is 2.50. The summed E-state index contributed by atoms with van der Waals surface area (Å²) in [4.78, 5) is 25.3.